The number of unbranched alkanes of at least 4 members (excludes halogenated alkanes) is 1. The second-order valence-electron chi connectivity index (χ2n) is 4.75. The molecule has 0 radical (unpaired) electrons. The van der Waals surface area contributed by atoms with Gasteiger partial charge in [0.05, 0.1) is 6.07 Å². The molecule has 0 amide bonds. The van der Waals surface area contributed by atoms with E-state index in [9.17, 15) is 0 Å². The Kier molecular flexibility index (Phi) is 8.78. The smallest absolute Gasteiger partial charge is 0.103 e. The molecular formula is C13H26N2S. The Morgan fingerprint density at radius 2 is 2.06 bits per heavy atom. The van der Waals surface area contributed by atoms with Crippen LogP contribution >= 0.6 is 11.8 Å². The maximum atomic E-state index is 9.14. The van der Waals surface area contributed by atoms with E-state index in [2.05, 4.69) is 32.2 Å². The summed E-state index contributed by atoms with van der Waals surface area (Å²) in [5.41, 5.74) is -0.321. The molecule has 0 aromatic heterocycles. The predicted octanol–water partition coefficient (Wildman–Crippen LogP) is 3.58. The predicted molar refractivity (Wildman–Crippen MR) is 73.8 cm³/mol. The zero-order valence-electron chi connectivity index (χ0n) is 11.2. The molecule has 0 aromatic carbocycles. The normalized spacial score (nSPS) is 14.8. The maximum Gasteiger partial charge on any atom is 0.103 e. The van der Waals surface area contributed by atoms with Crippen molar-refractivity contribution >= 4 is 11.8 Å². The lowest BCUT2D eigenvalue weighted by Crippen LogP contribution is -2.41. The van der Waals surface area contributed by atoms with Crippen molar-refractivity contribution in [2.24, 2.45) is 0 Å². The third-order valence-corrected chi connectivity index (χ3v) is 3.73. The summed E-state index contributed by atoms with van der Waals surface area (Å²) < 4.78 is 0. The Morgan fingerprint density at radius 3 is 2.56 bits per heavy atom. The Labute approximate surface area is 105 Å². The fraction of sp³-hybridized carbons (Fsp3) is 0.923. The lowest BCUT2D eigenvalue weighted by molar-refractivity contribution is 0.406. The summed E-state index contributed by atoms with van der Waals surface area (Å²) in [6.45, 7) is 9.53. The highest BCUT2D eigenvalue weighted by Gasteiger charge is 2.21. The summed E-state index contributed by atoms with van der Waals surface area (Å²) in [4.78, 5) is 0. The highest BCUT2D eigenvalue weighted by molar-refractivity contribution is 7.99. The SMILES string of the molecule is CCCNC(C)(C#N)CCCCSC(C)C. The van der Waals surface area contributed by atoms with Gasteiger partial charge in [-0.3, -0.25) is 5.32 Å². The zero-order chi connectivity index (χ0) is 12.4. The van der Waals surface area contributed by atoms with Crippen LogP contribution in [0.15, 0.2) is 0 Å². The van der Waals surface area contributed by atoms with Gasteiger partial charge in [0.15, 0.2) is 0 Å². The maximum absolute atomic E-state index is 9.14. The summed E-state index contributed by atoms with van der Waals surface area (Å²) in [6.07, 6.45) is 4.40. The zero-order valence-corrected chi connectivity index (χ0v) is 12.0. The van der Waals surface area contributed by atoms with E-state index in [4.69, 9.17) is 5.26 Å². The molecule has 0 aliphatic carbocycles. The van der Waals surface area contributed by atoms with Gasteiger partial charge in [0, 0.05) is 0 Å². The molecular weight excluding hydrogens is 216 g/mol. The molecule has 1 unspecified atom stereocenters. The van der Waals surface area contributed by atoms with Crippen LogP contribution in [-0.2, 0) is 0 Å². The molecule has 0 aliphatic rings. The van der Waals surface area contributed by atoms with Gasteiger partial charge in [-0.05, 0) is 50.2 Å². The number of nitrogens with one attached hydrogen (secondary N) is 1. The molecule has 94 valence electrons. The van der Waals surface area contributed by atoms with Gasteiger partial charge in [-0.15, -0.1) is 0 Å². The molecule has 3 heteroatoms. The van der Waals surface area contributed by atoms with Crippen LogP contribution in [-0.4, -0.2) is 23.1 Å². The average Bonchev–Trinajstić information content (AvgIpc) is 2.25. The van der Waals surface area contributed by atoms with Crippen molar-refractivity contribution in [2.75, 3.05) is 12.3 Å². The van der Waals surface area contributed by atoms with Crippen molar-refractivity contribution in [3.63, 3.8) is 0 Å². The van der Waals surface area contributed by atoms with Gasteiger partial charge in [0.1, 0.15) is 5.54 Å². The van der Waals surface area contributed by atoms with Gasteiger partial charge in [-0.1, -0.05) is 20.8 Å². The van der Waals surface area contributed by atoms with Crippen molar-refractivity contribution in [3.8, 4) is 6.07 Å². The molecule has 16 heavy (non-hydrogen) atoms. The van der Waals surface area contributed by atoms with Gasteiger partial charge in [-0.2, -0.15) is 17.0 Å². The van der Waals surface area contributed by atoms with Crippen molar-refractivity contribution < 1.29 is 0 Å². The Morgan fingerprint density at radius 1 is 1.38 bits per heavy atom. The largest absolute Gasteiger partial charge is 0.300 e. The summed E-state index contributed by atoms with van der Waals surface area (Å²) >= 11 is 2.00. The van der Waals surface area contributed by atoms with Gasteiger partial charge in [0.2, 0.25) is 0 Å². The van der Waals surface area contributed by atoms with Crippen LogP contribution < -0.4 is 5.32 Å². The third kappa shape index (κ3) is 8.01. The van der Waals surface area contributed by atoms with E-state index < -0.39 is 0 Å². The number of hydrogen-bond donors (Lipinski definition) is 1. The minimum absolute atomic E-state index is 0.321. The molecule has 1 atom stereocenters. The van der Waals surface area contributed by atoms with Crippen molar-refractivity contribution in [3.05, 3.63) is 0 Å². The van der Waals surface area contributed by atoms with E-state index in [-0.39, 0.29) is 5.54 Å². The fourth-order valence-electron chi connectivity index (χ4n) is 1.48. The van der Waals surface area contributed by atoms with E-state index in [1.807, 2.05) is 18.7 Å². The van der Waals surface area contributed by atoms with Gasteiger partial charge < -0.3 is 0 Å². The van der Waals surface area contributed by atoms with Crippen LogP contribution in [0.25, 0.3) is 0 Å². The van der Waals surface area contributed by atoms with Gasteiger partial charge in [0.25, 0.3) is 0 Å². The minimum Gasteiger partial charge on any atom is -0.300 e. The van der Waals surface area contributed by atoms with Gasteiger partial charge in [-0.25, -0.2) is 0 Å². The first kappa shape index (κ1) is 15.8. The standard InChI is InChI=1S/C13H26N2S/c1-5-9-15-13(4,11-14)8-6-7-10-16-12(2)3/h12,15H,5-10H2,1-4H3. The Hall–Kier alpha value is -0.200. The summed E-state index contributed by atoms with van der Waals surface area (Å²) in [5.74, 6) is 1.22. The van der Waals surface area contributed by atoms with Crippen molar-refractivity contribution in [1.29, 1.82) is 5.26 Å². The minimum atomic E-state index is -0.321. The molecule has 0 aliphatic heterocycles. The first-order valence-corrected chi connectivity index (χ1v) is 7.37. The van der Waals surface area contributed by atoms with Crippen LogP contribution in [0.1, 0.15) is 53.4 Å². The lowest BCUT2D eigenvalue weighted by Gasteiger charge is -2.22. The number of nitrogens with zero attached hydrogens (tertiary/aromatic N) is 1. The molecule has 0 aromatic rings. The van der Waals surface area contributed by atoms with Crippen LogP contribution in [0.3, 0.4) is 0 Å². The monoisotopic (exact) mass is 242 g/mol. The molecule has 0 heterocycles. The highest BCUT2D eigenvalue weighted by atomic mass is 32.2. The average molecular weight is 242 g/mol. The molecule has 0 fully saturated rings. The molecule has 0 saturated heterocycles. The molecule has 2 nitrogen and oxygen atoms in total. The molecule has 0 rings (SSSR count). The fourth-order valence-corrected chi connectivity index (χ4v) is 2.33. The van der Waals surface area contributed by atoms with Crippen molar-refractivity contribution in [1.82, 2.24) is 5.32 Å². The van der Waals surface area contributed by atoms with Crippen LogP contribution in [0.4, 0.5) is 0 Å². The summed E-state index contributed by atoms with van der Waals surface area (Å²) in [6, 6.07) is 2.40. The number of thioether (sulfide) groups is 1. The topological polar surface area (TPSA) is 35.8 Å². The van der Waals surface area contributed by atoms with Crippen LogP contribution in [0.5, 0.6) is 0 Å². The van der Waals surface area contributed by atoms with E-state index in [0.717, 1.165) is 31.1 Å². The third-order valence-electron chi connectivity index (χ3n) is 2.53. The highest BCUT2D eigenvalue weighted by Crippen LogP contribution is 2.16. The number of nitriles is 1. The first-order chi connectivity index (χ1) is 7.54. The number of rotatable bonds is 9. The van der Waals surface area contributed by atoms with Crippen molar-refractivity contribution in [2.45, 2.75) is 64.2 Å². The first-order valence-electron chi connectivity index (χ1n) is 6.32. The van der Waals surface area contributed by atoms with E-state index in [0.29, 0.717) is 0 Å². The summed E-state index contributed by atoms with van der Waals surface area (Å²) in [5, 5.41) is 13.2. The number of hydrogen-bond acceptors (Lipinski definition) is 3. The van der Waals surface area contributed by atoms with E-state index in [1.54, 1.807) is 0 Å². The molecule has 0 saturated carbocycles. The van der Waals surface area contributed by atoms with Crippen LogP contribution in [0.2, 0.25) is 0 Å². The Balaban J connectivity index is 3.66. The quantitative estimate of drug-likeness (QED) is 0.628. The Bertz CT molecular complexity index is 210. The second-order valence-corrected chi connectivity index (χ2v) is 6.43. The molecule has 1 N–H and O–H groups in total. The summed E-state index contributed by atoms with van der Waals surface area (Å²) in [7, 11) is 0. The lowest BCUT2D eigenvalue weighted by atomic mass is 9.96. The van der Waals surface area contributed by atoms with E-state index >= 15 is 0 Å². The second kappa shape index (κ2) is 8.90. The van der Waals surface area contributed by atoms with Gasteiger partial charge >= 0.3 is 0 Å². The molecule has 0 spiro atoms. The molecule has 0 bridgehead atoms. The van der Waals surface area contributed by atoms with E-state index in [1.165, 1.54) is 12.2 Å². The van der Waals surface area contributed by atoms with Crippen LogP contribution in [0, 0.1) is 11.3 Å².